The molecule has 26 heavy (non-hydrogen) atoms. The van der Waals surface area contributed by atoms with Crippen LogP contribution in [0.3, 0.4) is 0 Å². The van der Waals surface area contributed by atoms with Crippen molar-refractivity contribution in [2.75, 3.05) is 0 Å². The Morgan fingerprint density at radius 3 is 1.35 bits per heavy atom. The van der Waals surface area contributed by atoms with Gasteiger partial charge in [0.25, 0.3) is 0 Å². The Labute approximate surface area is 145 Å². The van der Waals surface area contributed by atoms with Crippen LogP contribution in [0, 0.1) is 0 Å². The molecular weight excluding hydrogens is 354 g/mol. The van der Waals surface area contributed by atoms with E-state index in [4.69, 9.17) is 0 Å². The van der Waals surface area contributed by atoms with Crippen molar-refractivity contribution in [3.05, 3.63) is 95.1 Å². The van der Waals surface area contributed by atoms with Crippen molar-refractivity contribution in [3.8, 4) is 0 Å². The predicted octanol–water partition coefficient (Wildman–Crippen LogP) is 6.76. The Morgan fingerprint density at radius 2 is 1.00 bits per heavy atom. The fraction of sp³-hybridized carbons (Fsp3) is 0.100. The van der Waals surface area contributed by atoms with E-state index in [1.165, 1.54) is 24.3 Å². The summed E-state index contributed by atoms with van der Waals surface area (Å²) in [6.07, 6.45) is -5.89. The maximum Gasteiger partial charge on any atom is 0.416 e. The summed E-state index contributed by atoms with van der Waals surface area (Å²) in [7, 11) is 0. The molecule has 1 aliphatic rings. The molecule has 2 aromatic carbocycles. The van der Waals surface area contributed by atoms with E-state index in [0.717, 1.165) is 24.3 Å². The quantitative estimate of drug-likeness (QED) is 0.515. The number of allylic oxidation sites excluding steroid dienone is 5. The molecule has 3 rings (SSSR count). The van der Waals surface area contributed by atoms with Gasteiger partial charge < -0.3 is 0 Å². The minimum Gasteiger partial charge on any atom is -0.166 e. The lowest BCUT2D eigenvalue weighted by Gasteiger charge is -2.14. The van der Waals surface area contributed by atoms with Gasteiger partial charge in [0.05, 0.1) is 11.1 Å². The molecule has 0 fully saturated rings. The smallest absolute Gasteiger partial charge is 0.166 e. The lowest BCUT2D eigenvalue weighted by Crippen LogP contribution is -2.06. The number of hydrogen-bond acceptors (Lipinski definition) is 0. The van der Waals surface area contributed by atoms with E-state index in [2.05, 4.69) is 6.58 Å². The third kappa shape index (κ3) is 3.59. The molecule has 0 saturated carbocycles. The Morgan fingerprint density at radius 1 is 0.615 bits per heavy atom. The van der Waals surface area contributed by atoms with E-state index in [0.29, 0.717) is 16.7 Å². The molecule has 0 amide bonds. The summed E-state index contributed by atoms with van der Waals surface area (Å²) < 4.78 is 77.8. The molecule has 0 nitrogen and oxygen atoms in total. The predicted molar refractivity (Wildman–Crippen MR) is 88.0 cm³/mol. The average Bonchev–Trinajstić information content (AvgIpc) is 2.95. The maximum atomic E-state index is 13.0. The molecule has 0 radical (unpaired) electrons. The lowest BCUT2D eigenvalue weighted by molar-refractivity contribution is -0.138. The van der Waals surface area contributed by atoms with Gasteiger partial charge in [-0.25, -0.2) is 0 Å². The minimum atomic E-state index is -4.51. The summed E-state index contributed by atoms with van der Waals surface area (Å²) in [5.41, 5.74) is 0.198. The summed E-state index contributed by atoms with van der Waals surface area (Å²) in [5, 5.41) is 0. The number of rotatable bonds is 2. The van der Waals surface area contributed by atoms with Crippen LogP contribution in [-0.2, 0) is 12.4 Å². The van der Waals surface area contributed by atoms with E-state index in [-0.39, 0.29) is 11.1 Å². The highest BCUT2D eigenvalue weighted by Gasteiger charge is 2.32. The first kappa shape index (κ1) is 18.0. The Hall–Kier alpha value is -2.76. The van der Waals surface area contributed by atoms with E-state index >= 15 is 0 Å². The van der Waals surface area contributed by atoms with Crippen LogP contribution in [-0.4, -0.2) is 0 Å². The molecule has 0 N–H and O–H groups in total. The van der Waals surface area contributed by atoms with Crippen LogP contribution in [0.25, 0.3) is 11.1 Å². The largest absolute Gasteiger partial charge is 0.416 e. The highest BCUT2D eigenvalue weighted by Crippen LogP contribution is 2.41. The van der Waals surface area contributed by atoms with Gasteiger partial charge in [-0.1, -0.05) is 30.8 Å². The molecule has 0 unspecified atom stereocenters. The molecule has 0 heterocycles. The van der Waals surface area contributed by atoms with E-state index in [1.807, 2.05) is 0 Å². The number of hydrogen-bond donors (Lipinski definition) is 0. The van der Waals surface area contributed by atoms with Gasteiger partial charge in [0.2, 0.25) is 0 Å². The second kappa shape index (κ2) is 6.20. The molecule has 0 atom stereocenters. The highest BCUT2D eigenvalue weighted by molar-refractivity contribution is 6.09. The molecular formula is C20H12F6. The van der Waals surface area contributed by atoms with Crippen molar-refractivity contribution < 1.29 is 26.3 Å². The van der Waals surface area contributed by atoms with Crippen molar-refractivity contribution in [2.24, 2.45) is 0 Å². The van der Waals surface area contributed by atoms with Gasteiger partial charge in [-0.2, -0.15) is 26.3 Å². The summed E-state index contributed by atoms with van der Waals surface area (Å²) in [4.78, 5) is 0. The normalized spacial score (nSPS) is 15.1. The van der Waals surface area contributed by atoms with Crippen LogP contribution in [0.1, 0.15) is 22.3 Å². The van der Waals surface area contributed by atoms with Crippen LogP contribution < -0.4 is 0 Å². The van der Waals surface area contributed by atoms with Gasteiger partial charge in [-0.3, -0.25) is 0 Å². The van der Waals surface area contributed by atoms with Crippen molar-refractivity contribution >= 4 is 11.1 Å². The fourth-order valence-electron chi connectivity index (χ4n) is 2.77. The first-order chi connectivity index (χ1) is 12.1. The maximum absolute atomic E-state index is 13.0. The fourth-order valence-corrected chi connectivity index (χ4v) is 2.77. The summed E-state index contributed by atoms with van der Waals surface area (Å²) >= 11 is 0. The molecule has 2 aromatic rings. The van der Waals surface area contributed by atoms with Crippen LogP contribution in [0.15, 0.2) is 72.8 Å². The average molecular weight is 366 g/mol. The van der Waals surface area contributed by atoms with Crippen LogP contribution in [0.5, 0.6) is 0 Å². The van der Waals surface area contributed by atoms with Crippen molar-refractivity contribution in [3.63, 3.8) is 0 Å². The van der Waals surface area contributed by atoms with Crippen molar-refractivity contribution in [1.29, 1.82) is 0 Å². The van der Waals surface area contributed by atoms with Crippen LogP contribution >= 0.6 is 0 Å². The van der Waals surface area contributed by atoms with Gasteiger partial charge in [0.15, 0.2) is 0 Å². The zero-order chi connectivity index (χ0) is 19.1. The first-order valence-corrected chi connectivity index (χ1v) is 7.53. The first-order valence-electron chi connectivity index (χ1n) is 7.53. The van der Waals surface area contributed by atoms with Crippen molar-refractivity contribution in [1.82, 2.24) is 0 Å². The van der Waals surface area contributed by atoms with Crippen molar-refractivity contribution in [2.45, 2.75) is 12.4 Å². The third-order valence-corrected chi connectivity index (χ3v) is 3.95. The molecule has 0 aromatic heterocycles. The van der Waals surface area contributed by atoms with Crippen LogP contribution in [0.2, 0.25) is 0 Å². The third-order valence-electron chi connectivity index (χ3n) is 3.95. The second-order valence-corrected chi connectivity index (χ2v) is 5.85. The van der Waals surface area contributed by atoms with Gasteiger partial charge in [-0.05, 0) is 64.3 Å². The van der Waals surface area contributed by atoms with E-state index in [1.54, 1.807) is 12.2 Å². The zero-order valence-corrected chi connectivity index (χ0v) is 13.2. The zero-order valence-electron chi connectivity index (χ0n) is 13.2. The highest BCUT2D eigenvalue weighted by atomic mass is 19.4. The molecule has 0 spiro atoms. The van der Waals surface area contributed by atoms with Crippen LogP contribution in [0.4, 0.5) is 26.3 Å². The van der Waals surface area contributed by atoms with Gasteiger partial charge in [-0.15, -0.1) is 0 Å². The lowest BCUT2D eigenvalue weighted by atomic mass is 9.93. The number of benzene rings is 2. The molecule has 0 saturated heterocycles. The summed E-state index contributed by atoms with van der Waals surface area (Å²) in [6.45, 7) is 3.75. The SMILES string of the molecule is C=C1C=C(c2cccc(C(F)(F)F)c2)C(c2cccc(C(F)(F)F)c2)=C1. The molecule has 0 bridgehead atoms. The standard InChI is InChI=1S/C20H12F6/c1-12-8-17(13-4-2-6-15(10-13)19(21,22)23)18(9-12)14-5-3-7-16(11-14)20(24,25)26/h2-11H,1H2. The molecule has 6 heteroatoms. The second-order valence-electron chi connectivity index (χ2n) is 5.85. The monoisotopic (exact) mass is 366 g/mol. The van der Waals surface area contributed by atoms with Gasteiger partial charge >= 0.3 is 12.4 Å². The van der Waals surface area contributed by atoms with E-state index in [9.17, 15) is 26.3 Å². The summed E-state index contributed by atoms with van der Waals surface area (Å²) in [6, 6.07) is 9.36. The minimum absolute atomic E-state index is 0.266. The Balaban J connectivity index is 2.07. The summed E-state index contributed by atoms with van der Waals surface area (Å²) in [5.74, 6) is 0. The molecule has 134 valence electrons. The molecule has 1 aliphatic carbocycles. The van der Waals surface area contributed by atoms with Gasteiger partial charge in [0.1, 0.15) is 0 Å². The van der Waals surface area contributed by atoms with E-state index < -0.39 is 23.5 Å². The number of halogens is 6. The van der Waals surface area contributed by atoms with Gasteiger partial charge in [0, 0.05) is 0 Å². The Bertz CT molecular complexity index is 850. The molecule has 0 aliphatic heterocycles. The Kier molecular flexibility index (Phi) is 4.30. The topological polar surface area (TPSA) is 0 Å². The number of alkyl halides is 6.